The Hall–Kier alpha value is -1.62. The molecule has 4 nitrogen and oxygen atoms in total. The summed E-state index contributed by atoms with van der Waals surface area (Å²) < 4.78 is 17.6. The fourth-order valence-corrected chi connectivity index (χ4v) is 1.24. The number of rotatable bonds is 4. The molecule has 1 rings (SSSR count). The number of hydrogen-bond acceptors (Lipinski definition) is 3. The van der Waals surface area contributed by atoms with Gasteiger partial charge in [0.15, 0.2) is 0 Å². The second-order valence-corrected chi connectivity index (χ2v) is 3.00. The van der Waals surface area contributed by atoms with Gasteiger partial charge in [-0.1, -0.05) is 0 Å². The minimum Gasteiger partial charge on any atom is -0.496 e. The molecular formula is C10H11FO4. The molecule has 1 aromatic carbocycles. The van der Waals surface area contributed by atoms with Crippen LogP contribution in [0.5, 0.6) is 5.75 Å². The second-order valence-electron chi connectivity index (χ2n) is 3.00. The number of hydrogen-bond donors (Lipinski definition) is 2. The summed E-state index contributed by atoms with van der Waals surface area (Å²) in [5.74, 6) is -1.49. The molecule has 0 aliphatic carbocycles. The van der Waals surface area contributed by atoms with Gasteiger partial charge >= 0.3 is 5.97 Å². The highest BCUT2D eigenvalue weighted by Gasteiger charge is 2.16. The van der Waals surface area contributed by atoms with Crippen molar-refractivity contribution < 1.29 is 24.1 Å². The summed E-state index contributed by atoms with van der Waals surface area (Å²) in [4.78, 5) is 10.4. The zero-order valence-corrected chi connectivity index (χ0v) is 8.11. The van der Waals surface area contributed by atoms with Gasteiger partial charge in [-0.3, -0.25) is 4.79 Å². The van der Waals surface area contributed by atoms with Gasteiger partial charge in [0.25, 0.3) is 0 Å². The van der Waals surface area contributed by atoms with Crippen LogP contribution in [0.3, 0.4) is 0 Å². The summed E-state index contributed by atoms with van der Waals surface area (Å²) in [6.07, 6.45) is -1.64. The van der Waals surface area contributed by atoms with Crippen LogP contribution in [0.2, 0.25) is 0 Å². The van der Waals surface area contributed by atoms with Gasteiger partial charge in [0.2, 0.25) is 0 Å². The highest BCUT2D eigenvalue weighted by Crippen LogP contribution is 2.27. The quantitative estimate of drug-likeness (QED) is 0.793. The Balaban J connectivity index is 2.97. The number of ether oxygens (including phenoxy) is 1. The number of carbonyl (C=O) groups is 1. The molecule has 0 spiro atoms. The Bertz CT molecular complexity index is 364. The number of benzene rings is 1. The van der Waals surface area contributed by atoms with E-state index in [-0.39, 0.29) is 11.3 Å². The number of aliphatic hydroxyl groups is 1. The van der Waals surface area contributed by atoms with Gasteiger partial charge in [-0.05, 0) is 12.1 Å². The molecule has 0 amide bonds. The molecule has 0 aromatic heterocycles. The van der Waals surface area contributed by atoms with Crippen molar-refractivity contribution >= 4 is 5.97 Å². The number of aliphatic hydroxyl groups excluding tert-OH is 1. The van der Waals surface area contributed by atoms with Crippen LogP contribution in [0, 0.1) is 5.82 Å². The molecule has 1 atom stereocenters. The minimum atomic E-state index is -1.20. The lowest BCUT2D eigenvalue weighted by molar-refractivity contribution is -0.139. The zero-order valence-electron chi connectivity index (χ0n) is 8.11. The normalized spacial score (nSPS) is 12.2. The van der Waals surface area contributed by atoms with E-state index in [4.69, 9.17) is 9.84 Å². The van der Waals surface area contributed by atoms with Crippen molar-refractivity contribution in [1.82, 2.24) is 0 Å². The van der Waals surface area contributed by atoms with Crippen molar-refractivity contribution in [2.75, 3.05) is 7.11 Å². The summed E-state index contributed by atoms with van der Waals surface area (Å²) in [6, 6.07) is 3.55. The Morgan fingerprint density at radius 2 is 2.27 bits per heavy atom. The van der Waals surface area contributed by atoms with E-state index < -0.39 is 24.3 Å². The molecule has 0 saturated carbocycles. The third-order valence-corrected chi connectivity index (χ3v) is 1.92. The smallest absolute Gasteiger partial charge is 0.306 e. The zero-order chi connectivity index (χ0) is 11.4. The first-order valence-electron chi connectivity index (χ1n) is 4.28. The topological polar surface area (TPSA) is 66.8 Å². The highest BCUT2D eigenvalue weighted by molar-refractivity contribution is 5.67. The number of aliphatic carboxylic acids is 1. The molecular weight excluding hydrogens is 203 g/mol. The Labute approximate surface area is 85.9 Å². The van der Waals surface area contributed by atoms with Gasteiger partial charge < -0.3 is 14.9 Å². The van der Waals surface area contributed by atoms with E-state index in [0.717, 1.165) is 12.1 Å². The van der Waals surface area contributed by atoms with Crippen molar-refractivity contribution in [2.24, 2.45) is 0 Å². The van der Waals surface area contributed by atoms with E-state index >= 15 is 0 Å². The van der Waals surface area contributed by atoms with Gasteiger partial charge in [-0.2, -0.15) is 0 Å². The Morgan fingerprint density at radius 3 is 2.80 bits per heavy atom. The van der Waals surface area contributed by atoms with E-state index in [1.165, 1.54) is 13.2 Å². The summed E-state index contributed by atoms with van der Waals surface area (Å²) in [7, 11) is 1.33. The van der Waals surface area contributed by atoms with Crippen LogP contribution >= 0.6 is 0 Å². The fourth-order valence-electron chi connectivity index (χ4n) is 1.24. The monoisotopic (exact) mass is 214 g/mol. The lowest BCUT2D eigenvalue weighted by Crippen LogP contribution is -2.07. The highest BCUT2D eigenvalue weighted by atomic mass is 19.1. The fraction of sp³-hybridized carbons (Fsp3) is 0.300. The van der Waals surface area contributed by atoms with Crippen LogP contribution in [0.1, 0.15) is 18.1 Å². The molecule has 1 aromatic rings. The first-order chi connectivity index (χ1) is 7.04. The average Bonchev–Trinajstić information content (AvgIpc) is 2.16. The maximum atomic E-state index is 12.8. The van der Waals surface area contributed by atoms with Crippen molar-refractivity contribution in [3.05, 3.63) is 29.6 Å². The van der Waals surface area contributed by atoms with Crippen LogP contribution in [0.15, 0.2) is 18.2 Å². The third kappa shape index (κ3) is 2.92. The molecule has 0 aliphatic heterocycles. The van der Waals surface area contributed by atoms with Gasteiger partial charge in [-0.25, -0.2) is 4.39 Å². The molecule has 5 heteroatoms. The van der Waals surface area contributed by atoms with Crippen LogP contribution in [-0.4, -0.2) is 23.3 Å². The second kappa shape index (κ2) is 4.75. The first-order valence-corrected chi connectivity index (χ1v) is 4.28. The first kappa shape index (κ1) is 11.5. The predicted octanol–water partition coefficient (Wildman–Crippen LogP) is 1.34. The van der Waals surface area contributed by atoms with Crippen LogP contribution < -0.4 is 4.74 Å². The van der Waals surface area contributed by atoms with Crippen molar-refractivity contribution in [3.8, 4) is 5.75 Å². The van der Waals surface area contributed by atoms with E-state index in [9.17, 15) is 14.3 Å². The average molecular weight is 214 g/mol. The van der Waals surface area contributed by atoms with Gasteiger partial charge in [-0.15, -0.1) is 0 Å². The summed E-state index contributed by atoms with van der Waals surface area (Å²) >= 11 is 0. The lowest BCUT2D eigenvalue weighted by Gasteiger charge is -2.12. The Kier molecular flexibility index (Phi) is 3.62. The minimum absolute atomic E-state index is 0.142. The number of carboxylic acids is 1. The predicted molar refractivity (Wildman–Crippen MR) is 50.2 cm³/mol. The van der Waals surface area contributed by atoms with E-state index in [1.54, 1.807) is 0 Å². The van der Waals surface area contributed by atoms with Gasteiger partial charge in [0, 0.05) is 11.6 Å². The largest absolute Gasteiger partial charge is 0.496 e. The molecule has 0 radical (unpaired) electrons. The summed E-state index contributed by atoms with van der Waals surface area (Å²) in [6.45, 7) is 0. The molecule has 0 heterocycles. The molecule has 0 bridgehead atoms. The van der Waals surface area contributed by atoms with Crippen LogP contribution in [-0.2, 0) is 4.79 Å². The summed E-state index contributed by atoms with van der Waals surface area (Å²) in [5.41, 5.74) is 0.265. The van der Waals surface area contributed by atoms with Crippen LogP contribution in [0.25, 0.3) is 0 Å². The molecule has 15 heavy (non-hydrogen) atoms. The van der Waals surface area contributed by atoms with Crippen molar-refractivity contribution in [3.63, 3.8) is 0 Å². The van der Waals surface area contributed by atoms with Crippen molar-refractivity contribution in [2.45, 2.75) is 12.5 Å². The standard InChI is InChI=1S/C10H11FO4/c1-15-9-4-6(11)2-3-7(9)8(12)5-10(13)14/h2-4,8,12H,5H2,1H3,(H,13,14)/t8-/m1/s1. The third-order valence-electron chi connectivity index (χ3n) is 1.92. The van der Waals surface area contributed by atoms with Crippen LogP contribution in [0.4, 0.5) is 4.39 Å². The maximum absolute atomic E-state index is 12.8. The summed E-state index contributed by atoms with van der Waals surface area (Å²) in [5, 5.41) is 18.0. The molecule has 2 N–H and O–H groups in total. The molecule has 0 aliphatic rings. The van der Waals surface area contributed by atoms with E-state index in [2.05, 4.69) is 0 Å². The molecule has 82 valence electrons. The maximum Gasteiger partial charge on any atom is 0.306 e. The van der Waals surface area contributed by atoms with Gasteiger partial charge in [0.1, 0.15) is 11.6 Å². The molecule has 0 saturated heterocycles. The number of methoxy groups -OCH3 is 1. The molecule has 0 unspecified atom stereocenters. The molecule has 0 fully saturated rings. The van der Waals surface area contributed by atoms with Crippen molar-refractivity contribution in [1.29, 1.82) is 0 Å². The van der Waals surface area contributed by atoms with E-state index in [0.29, 0.717) is 0 Å². The number of halogens is 1. The number of carboxylic acid groups (broad SMARTS) is 1. The Morgan fingerprint density at radius 1 is 1.60 bits per heavy atom. The SMILES string of the molecule is COc1cc(F)ccc1[C@H](O)CC(=O)O. The van der Waals surface area contributed by atoms with Gasteiger partial charge in [0.05, 0.1) is 19.6 Å². The van der Waals surface area contributed by atoms with E-state index in [1.807, 2.05) is 0 Å². The lowest BCUT2D eigenvalue weighted by atomic mass is 10.1.